The molecule has 0 radical (unpaired) electrons. The number of pyridine rings is 2. The molecule has 2 aromatic heterocycles. The third kappa shape index (κ3) is 4.70. The lowest BCUT2D eigenvalue weighted by Crippen LogP contribution is -1.93. The lowest BCUT2D eigenvalue weighted by Gasteiger charge is -2.19. The molecule has 0 aliphatic rings. The van der Waals surface area contributed by atoms with Gasteiger partial charge in [0.15, 0.2) is 0 Å². The van der Waals surface area contributed by atoms with Crippen LogP contribution in [0.5, 0.6) is 0 Å². The van der Waals surface area contributed by atoms with Crippen molar-refractivity contribution >= 4 is 97.2 Å². The zero-order chi connectivity index (χ0) is 39.3. The standard InChI is InChI=1S/C58H34N2/c1-3-17-41-39(15-1)40-16-2-4-18-42(40)44-24-10-25-49-51(33-37-13-9-23-43(41)54(37)56(44)49)35-27-29-36(30-28-35)53-45-19-5-7-21-47(45)55(48-22-8-6-20-46(48)53)52-34-38-14-11-31-59-57(38)58-50(52)26-12-32-60-58/h1-34H. The summed E-state index contributed by atoms with van der Waals surface area (Å²) in [6.45, 7) is 0. The second-order valence-electron chi connectivity index (χ2n) is 16.0. The van der Waals surface area contributed by atoms with Crippen molar-refractivity contribution in [2.75, 3.05) is 0 Å². The van der Waals surface area contributed by atoms with Crippen molar-refractivity contribution in [2.24, 2.45) is 0 Å². The molecule has 0 fully saturated rings. The number of hydrogen-bond acceptors (Lipinski definition) is 2. The van der Waals surface area contributed by atoms with E-state index in [9.17, 15) is 0 Å². The van der Waals surface area contributed by atoms with E-state index in [0.29, 0.717) is 0 Å². The smallest absolute Gasteiger partial charge is 0.0970 e. The Bertz CT molecular complexity index is 3880. The Kier molecular flexibility index (Phi) is 7.05. The summed E-state index contributed by atoms with van der Waals surface area (Å²) in [6.07, 6.45) is 3.73. The summed E-state index contributed by atoms with van der Waals surface area (Å²) >= 11 is 0. The molecule has 0 N–H and O–H groups in total. The van der Waals surface area contributed by atoms with Gasteiger partial charge >= 0.3 is 0 Å². The predicted octanol–water partition coefficient (Wildman–Crippen LogP) is 15.9. The Morgan fingerprint density at radius 2 is 0.683 bits per heavy atom. The Morgan fingerprint density at radius 1 is 0.250 bits per heavy atom. The first-order chi connectivity index (χ1) is 29.8. The molecule has 0 aliphatic heterocycles. The van der Waals surface area contributed by atoms with Crippen molar-refractivity contribution in [2.45, 2.75) is 0 Å². The van der Waals surface area contributed by atoms with E-state index in [1.807, 2.05) is 24.5 Å². The number of rotatable bonds is 3. The molecule has 0 atom stereocenters. The lowest BCUT2D eigenvalue weighted by molar-refractivity contribution is 1.37. The summed E-state index contributed by atoms with van der Waals surface area (Å²) < 4.78 is 0. The average Bonchev–Trinajstić information content (AvgIpc) is 3.32. The highest BCUT2D eigenvalue weighted by atomic mass is 14.7. The molecule has 0 spiro atoms. The van der Waals surface area contributed by atoms with Gasteiger partial charge in [0, 0.05) is 23.2 Å². The van der Waals surface area contributed by atoms with Crippen molar-refractivity contribution in [3.8, 4) is 33.4 Å². The zero-order valence-corrected chi connectivity index (χ0v) is 32.5. The van der Waals surface area contributed by atoms with Crippen molar-refractivity contribution in [3.05, 3.63) is 207 Å². The lowest BCUT2D eigenvalue weighted by atomic mass is 9.84. The van der Waals surface area contributed by atoms with E-state index in [2.05, 4.69) is 182 Å². The Hall–Kier alpha value is -7.94. The number of fused-ring (bicyclic) bond motifs is 10. The molecule has 11 aromatic carbocycles. The largest absolute Gasteiger partial charge is 0.254 e. The van der Waals surface area contributed by atoms with E-state index < -0.39 is 0 Å². The number of benzene rings is 10. The van der Waals surface area contributed by atoms with Gasteiger partial charge in [-0.1, -0.05) is 170 Å². The average molecular weight is 759 g/mol. The molecule has 276 valence electrons. The Labute approximate surface area is 345 Å². The van der Waals surface area contributed by atoms with E-state index in [1.54, 1.807) is 0 Å². The van der Waals surface area contributed by atoms with Crippen LogP contribution in [-0.4, -0.2) is 9.97 Å². The van der Waals surface area contributed by atoms with Gasteiger partial charge < -0.3 is 0 Å². The summed E-state index contributed by atoms with van der Waals surface area (Å²) in [5, 5.41) is 19.9. The van der Waals surface area contributed by atoms with Crippen LogP contribution in [0.25, 0.3) is 131 Å². The molecular formula is C58H34N2. The Morgan fingerprint density at radius 3 is 1.33 bits per heavy atom. The van der Waals surface area contributed by atoms with E-state index in [1.165, 1.54) is 109 Å². The van der Waals surface area contributed by atoms with E-state index in [0.717, 1.165) is 21.8 Å². The van der Waals surface area contributed by atoms with Crippen molar-refractivity contribution < 1.29 is 0 Å². The van der Waals surface area contributed by atoms with Crippen LogP contribution in [0.1, 0.15) is 0 Å². The molecule has 2 heteroatoms. The van der Waals surface area contributed by atoms with Crippen molar-refractivity contribution in [1.29, 1.82) is 0 Å². The molecule has 0 bridgehead atoms. The molecule has 0 saturated carbocycles. The third-order valence-electron chi connectivity index (χ3n) is 12.9. The highest BCUT2D eigenvalue weighted by Crippen LogP contribution is 2.48. The normalized spacial score (nSPS) is 12.0. The fraction of sp³-hybridized carbons (Fsp3) is 0. The highest BCUT2D eigenvalue weighted by molar-refractivity contribution is 6.34. The monoisotopic (exact) mass is 758 g/mol. The summed E-state index contributed by atoms with van der Waals surface area (Å²) in [5.74, 6) is 0. The molecule has 2 heterocycles. The SMILES string of the molecule is c1cnc2c(c1)cc(-c1c3ccccc3c(-c3ccc(-c4cc5cccc6c7ccccc7c7ccccc7c7cccc4c7c56)cc3)c3ccccc13)c1cccnc12. The van der Waals surface area contributed by atoms with Crippen LogP contribution < -0.4 is 0 Å². The van der Waals surface area contributed by atoms with Crippen molar-refractivity contribution in [1.82, 2.24) is 9.97 Å². The molecule has 0 amide bonds. The summed E-state index contributed by atoms with van der Waals surface area (Å²) in [4.78, 5) is 9.62. The zero-order valence-electron chi connectivity index (χ0n) is 32.5. The maximum atomic E-state index is 4.87. The molecule has 0 saturated heterocycles. The molecule has 2 nitrogen and oxygen atoms in total. The van der Waals surface area contributed by atoms with Gasteiger partial charge in [-0.15, -0.1) is 0 Å². The number of hydrogen-bond donors (Lipinski definition) is 0. The summed E-state index contributed by atoms with van der Waals surface area (Å²) in [7, 11) is 0. The van der Waals surface area contributed by atoms with Crippen molar-refractivity contribution in [3.63, 3.8) is 0 Å². The third-order valence-corrected chi connectivity index (χ3v) is 12.9. The fourth-order valence-electron chi connectivity index (χ4n) is 10.4. The first kappa shape index (κ1) is 33.1. The minimum Gasteiger partial charge on any atom is -0.254 e. The van der Waals surface area contributed by atoms with Gasteiger partial charge in [-0.05, 0) is 133 Å². The summed E-state index contributed by atoms with van der Waals surface area (Å²) in [6, 6.07) is 71.7. The Balaban J connectivity index is 1.06. The van der Waals surface area contributed by atoms with Crippen LogP contribution in [0.15, 0.2) is 207 Å². The van der Waals surface area contributed by atoms with Gasteiger partial charge in [-0.2, -0.15) is 0 Å². The second-order valence-corrected chi connectivity index (χ2v) is 16.0. The molecule has 13 aromatic rings. The maximum absolute atomic E-state index is 4.87. The van der Waals surface area contributed by atoms with Crippen LogP contribution in [0.4, 0.5) is 0 Å². The quantitative estimate of drug-likeness (QED) is 0.132. The minimum atomic E-state index is 0.925. The van der Waals surface area contributed by atoms with Gasteiger partial charge in [0.1, 0.15) is 0 Å². The molecule has 13 rings (SSSR count). The summed E-state index contributed by atoms with van der Waals surface area (Å²) in [5.41, 5.74) is 9.13. The number of aromatic nitrogens is 2. The first-order valence-electron chi connectivity index (χ1n) is 20.6. The van der Waals surface area contributed by atoms with E-state index in [4.69, 9.17) is 9.97 Å². The maximum Gasteiger partial charge on any atom is 0.0970 e. The molecular weight excluding hydrogens is 725 g/mol. The van der Waals surface area contributed by atoms with Gasteiger partial charge in [0.05, 0.1) is 11.0 Å². The van der Waals surface area contributed by atoms with Gasteiger partial charge in [-0.3, -0.25) is 9.97 Å². The predicted molar refractivity (Wildman–Crippen MR) is 256 cm³/mol. The second kappa shape index (κ2) is 12.8. The van der Waals surface area contributed by atoms with Crippen LogP contribution in [0.2, 0.25) is 0 Å². The van der Waals surface area contributed by atoms with Gasteiger partial charge in [0.25, 0.3) is 0 Å². The first-order valence-corrected chi connectivity index (χ1v) is 20.6. The molecule has 60 heavy (non-hydrogen) atoms. The molecule has 0 aliphatic carbocycles. The van der Waals surface area contributed by atoms with E-state index >= 15 is 0 Å². The van der Waals surface area contributed by atoms with Crippen LogP contribution in [0.3, 0.4) is 0 Å². The number of nitrogens with zero attached hydrogens (tertiary/aromatic N) is 2. The molecule has 0 unspecified atom stereocenters. The minimum absolute atomic E-state index is 0.925. The van der Waals surface area contributed by atoms with Crippen LogP contribution in [0, 0.1) is 0 Å². The van der Waals surface area contributed by atoms with E-state index in [-0.39, 0.29) is 0 Å². The topological polar surface area (TPSA) is 25.8 Å². The highest BCUT2D eigenvalue weighted by Gasteiger charge is 2.21. The van der Waals surface area contributed by atoms with Crippen LogP contribution >= 0.6 is 0 Å². The van der Waals surface area contributed by atoms with Gasteiger partial charge in [-0.25, -0.2) is 0 Å². The fourth-order valence-corrected chi connectivity index (χ4v) is 10.4. The van der Waals surface area contributed by atoms with Crippen LogP contribution in [-0.2, 0) is 0 Å². The van der Waals surface area contributed by atoms with Gasteiger partial charge in [0.2, 0.25) is 0 Å².